The van der Waals surface area contributed by atoms with E-state index in [2.05, 4.69) is 12.1 Å². The highest BCUT2D eigenvalue weighted by atomic mass is 16.7. The number of ether oxygens (including phenoxy) is 2. The molecule has 0 saturated carbocycles. The first-order chi connectivity index (χ1) is 13.7. The lowest BCUT2D eigenvalue weighted by molar-refractivity contribution is -0.123. The molecule has 0 aromatic heterocycles. The summed E-state index contributed by atoms with van der Waals surface area (Å²) < 4.78 is 11.9. The van der Waals surface area contributed by atoms with E-state index < -0.39 is 0 Å². The molecule has 0 heterocycles. The van der Waals surface area contributed by atoms with Crippen LogP contribution in [0.1, 0.15) is 42.1 Å². The number of benzene rings is 3. The van der Waals surface area contributed by atoms with Gasteiger partial charge in [-0.05, 0) is 23.6 Å². The van der Waals surface area contributed by atoms with Crippen molar-refractivity contribution in [2.24, 2.45) is 0 Å². The van der Waals surface area contributed by atoms with Crippen LogP contribution in [-0.2, 0) is 20.9 Å². The van der Waals surface area contributed by atoms with E-state index in [9.17, 15) is 4.79 Å². The number of rotatable bonds is 10. The quantitative estimate of drug-likeness (QED) is 0.338. The highest BCUT2D eigenvalue weighted by Crippen LogP contribution is 2.37. The fraction of sp³-hybridized carbons (Fsp3) is 0.240. The van der Waals surface area contributed by atoms with Crippen LogP contribution in [0.5, 0.6) is 0 Å². The minimum Gasteiger partial charge on any atom is -0.351 e. The summed E-state index contributed by atoms with van der Waals surface area (Å²) >= 11 is 0. The van der Waals surface area contributed by atoms with Crippen molar-refractivity contribution < 1.29 is 14.3 Å². The van der Waals surface area contributed by atoms with Gasteiger partial charge in [-0.2, -0.15) is 0 Å². The molecule has 0 amide bonds. The maximum Gasteiger partial charge on any atom is 0.148 e. The molecule has 0 saturated heterocycles. The van der Waals surface area contributed by atoms with Crippen LogP contribution in [0.4, 0.5) is 0 Å². The van der Waals surface area contributed by atoms with Crippen molar-refractivity contribution in [3.05, 3.63) is 108 Å². The smallest absolute Gasteiger partial charge is 0.148 e. The van der Waals surface area contributed by atoms with Crippen LogP contribution < -0.4 is 0 Å². The summed E-state index contributed by atoms with van der Waals surface area (Å²) in [4.78, 5) is 12.0. The van der Waals surface area contributed by atoms with Crippen molar-refractivity contribution in [1.82, 2.24) is 0 Å². The maximum absolute atomic E-state index is 12.0. The van der Waals surface area contributed by atoms with Crippen LogP contribution >= 0.6 is 0 Å². The van der Waals surface area contributed by atoms with Crippen LogP contribution in [-0.4, -0.2) is 12.6 Å². The zero-order chi connectivity index (χ0) is 19.6. The van der Waals surface area contributed by atoms with E-state index >= 15 is 0 Å². The monoisotopic (exact) mass is 374 g/mol. The van der Waals surface area contributed by atoms with E-state index in [0.29, 0.717) is 13.0 Å². The fourth-order valence-electron chi connectivity index (χ4n) is 3.35. The van der Waals surface area contributed by atoms with Crippen LogP contribution in [0, 0.1) is 0 Å². The molecule has 0 aliphatic heterocycles. The highest BCUT2D eigenvalue weighted by molar-refractivity contribution is 5.76. The van der Waals surface area contributed by atoms with E-state index in [0.717, 1.165) is 16.7 Å². The van der Waals surface area contributed by atoms with Gasteiger partial charge in [0.25, 0.3) is 0 Å². The summed E-state index contributed by atoms with van der Waals surface area (Å²) in [5.41, 5.74) is 3.24. The Labute approximate surface area is 166 Å². The number of carbonyl (C=O) groups is 1. The van der Waals surface area contributed by atoms with Gasteiger partial charge in [0, 0.05) is 12.3 Å². The van der Waals surface area contributed by atoms with Crippen LogP contribution in [0.15, 0.2) is 91.0 Å². The standard InChI is InChI=1S/C25H26O3/c1-20(26)17-24(22-13-7-3-8-14-22)25(23-15-9-4-10-16-23)28-19-27-18-21-11-5-2-6-12-21/h2-16,24-25H,17-19H2,1H3/t24-,25+/m1/s1. The molecule has 0 spiro atoms. The maximum atomic E-state index is 12.0. The van der Waals surface area contributed by atoms with Crippen molar-refractivity contribution in [3.8, 4) is 0 Å². The molecule has 0 bridgehead atoms. The average molecular weight is 374 g/mol. The average Bonchev–Trinajstić information content (AvgIpc) is 2.74. The second-order valence-corrected chi connectivity index (χ2v) is 6.87. The molecule has 3 rings (SSSR count). The van der Waals surface area contributed by atoms with E-state index in [4.69, 9.17) is 9.47 Å². The molecule has 28 heavy (non-hydrogen) atoms. The first kappa shape index (κ1) is 20.0. The van der Waals surface area contributed by atoms with E-state index in [1.165, 1.54) is 0 Å². The molecule has 0 aliphatic rings. The summed E-state index contributed by atoms with van der Waals surface area (Å²) in [5, 5.41) is 0. The molecule has 0 unspecified atom stereocenters. The van der Waals surface area contributed by atoms with E-state index in [1.807, 2.05) is 78.9 Å². The van der Waals surface area contributed by atoms with E-state index in [1.54, 1.807) is 6.92 Å². The third kappa shape index (κ3) is 5.88. The lowest BCUT2D eigenvalue weighted by Crippen LogP contribution is -2.19. The number of carbonyl (C=O) groups excluding carboxylic acids is 1. The Morgan fingerprint density at radius 1 is 0.786 bits per heavy atom. The molecule has 0 N–H and O–H groups in total. The van der Waals surface area contributed by atoms with Crippen molar-refractivity contribution in [2.45, 2.75) is 32.0 Å². The predicted octanol–water partition coefficient (Wildman–Crippen LogP) is 5.68. The lowest BCUT2D eigenvalue weighted by atomic mass is 9.85. The van der Waals surface area contributed by atoms with Gasteiger partial charge in [0.1, 0.15) is 12.6 Å². The third-order valence-corrected chi connectivity index (χ3v) is 4.67. The fourth-order valence-corrected chi connectivity index (χ4v) is 3.35. The van der Waals surface area contributed by atoms with Gasteiger partial charge < -0.3 is 14.3 Å². The Morgan fingerprint density at radius 3 is 1.89 bits per heavy atom. The molecule has 0 aliphatic carbocycles. The molecule has 3 nitrogen and oxygen atoms in total. The Hall–Kier alpha value is -2.75. The number of hydrogen-bond donors (Lipinski definition) is 0. The first-order valence-electron chi connectivity index (χ1n) is 9.56. The summed E-state index contributed by atoms with van der Waals surface area (Å²) in [7, 11) is 0. The summed E-state index contributed by atoms with van der Waals surface area (Å²) in [6.45, 7) is 2.28. The van der Waals surface area contributed by atoms with Gasteiger partial charge in [0.05, 0.1) is 12.7 Å². The normalized spacial score (nSPS) is 13.0. The van der Waals surface area contributed by atoms with Gasteiger partial charge in [-0.3, -0.25) is 0 Å². The topological polar surface area (TPSA) is 35.5 Å². The predicted molar refractivity (Wildman–Crippen MR) is 111 cm³/mol. The van der Waals surface area contributed by atoms with Gasteiger partial charge in [0.15, 0.2) is 0 Å². The molecule has 3 aromatic rings. The summed E-state index contributed by atoms with van der Waals surface area (Å²) in [6, 6.07) is 30.1. The molecule has 3 heteroatoms. The van der Waals surface area contributed by atoms with Crippen molar-refractivity contribution in [2.75, 3.05) is 6.79 Å². The van der Waals surface area contributed by atoms with Crippen LogP contribution in [0.25, 0.3) is 0 Å². The van der Waals surface area contributed by atoms with Gasteiger partial charge >= 0.3 is 0 Å². The molecule has 0 radical (unpaired) electrons. The minimum atomic E-state index is -0.261. The molecule has 2 atom stereocenters. The van der Waals surface area contributed by atoms with Crippen molar-refractivity contribution in [3.63, 3.8) is 0 Å². The Bertz CT molecular complexity index is 831. The summed E-state index contributed by atoms with van der Waals surface area (Å²) in [5.74, 6) is 0.0741. The van der Waals surface area contributed by atoms with E-state index in [-0.39, 0.29) is 24.6 Å². The molecular formula is C25H26O3. The zero-order valence-corrected chi connectivity index (χ0v) is 16.2. The van der Waals surface area contributed by atoms with Crippen molar-refractivity contribution in [1.29, 1.82) is 0 Å². The molecule has 144 valence electrons. The van der Waals surface area contributed by atoms with Crippen LogP contribution in [0.2, 0.25) is 0 Å². The molecular weight excluding hydrogens is 348 g/mol. The Kier molecular flexibility index (Phi) is 7.53. The number of ketones is 1. The largest absolute Gasteiger partial charge is 0.351 e. The molecule has 3 aromatic carbocycles. The van der Waals surface area contributed by atoms with Gasteiger partial charge in [-0.1, -0.05) is 91.0 Å². The zero-order valence-electron chi connectivity index (χ0n) is 16.2. The van der Waals surface area contributed by atoms with Crippen molar-refractivity contribution >= 4 is 5.78 Å². The molecule has 0 fully saturated rings. The number of Topliss-reactive ketones (excluding diaryl/α,β-unsaturated/α-hetero) is 1. The van der Waals surface area contributed by atoms with Gasteiger partial charge in [0.2, 0.25) is 0 Å². The lowest BCUT2D eigenvalue weighted by Gasteiger charge is -2.27. The minimum absolute atomic E-state index is 0.0681. The summed E-state index contributed by atoms with van der Waals surface area (Å²) in [6.07, 6.45) is 0.158. The third-order valence-electron chi connectivity index (χ3n) is 4.67. The Morgan fingerprint density at radius 2 is 1.32 bits per heavy atom. The second-order valence-electron chi connectivity index (χ2n) is 6.87. The van der Waals surface area contributed by atoms with Gasteiger partial charge in [-0.25, -0.2) is 0 Å². The Balaban J connectivity index is 1.76. The SMILES string of the molecule is CC(=O)C[C@H](c1ccccc1)[C@@H](OCOCc1ccccc1)c1ccccc1. The van der Waals surface area contributed by atoms with Gasteiger partial charge in [-0.15, -0.1) is 0 Å². The highest BCUT2D eigenvalue weighted by Gasteiger charge is 2.27. The first-order valence-corrected chi connectivity index (χ1v) is 9.56. The number of hydrogen-bond acceptors (Lipinski definition) is 3. The second kappa shape index (κ2) is 10.5. The van der Waals surface area contributed by atoms with Crippen LogP contribution in [0.3, 0.4) is 0 Å².